The first-order chi connectivity index (χ1) is 11.7. The molecule has 6 heteroatoms. The second-order valence-corrected chi connectivity index (χ2v) is 6.05. The van der Waals surface area contributed by atoms with Crippen molar-refractivity contribution >= 4 is 29.9 Å². The van der Waals surface area contributed by atoms with Crippen LogP contribution in [-0.2, 0) is 4.74 Å². The molecule has 0 fully saturated rings. The zero-order valence-corrected chi connectivity index (χ0v) is 18.5. The van der Waals surface area contributed by atoms with Crippen molar-refractivity contribution in [3.63, 3.8) is 0 Å². The highest BCUT2D eigenvalue weighted by molar-refractivity contribution is 14.0. The van der Waals surface area contributed by atoms with E-state index in [1.165, 1.54) is 5.56 Å². The Labute approximate surface area is 170 Å². The van der Waals surface area contributed by atoms with Crippen molar-refractivity contribution in [2.24, 2.45) is 4.99 Å². The van der Waals surface area contributed by atoms with E-state index in [0.717, 1.165) is 51.6 Å². The minimum absolute atomic E-state index is 0. The number of benzene rings is 1. The molecular formula is C19H35IN4O. The molecule has 0 aliphatic carbocycles. The molecular weight excluding hydrogens is 427 g/mol. The minimum Gasteiger partial charge on any atom is -0.385 e. The van der Waals surface area contributed by atoms with Gasteiger partial charge in [0, 0.05) is 52.9 Å². The molecule has 1 rings (SSSR count). The van der Waals surface area contributed by atoms with Crippen molar-refractivity contribution in [2.75, 3.05) is 54.0 Å². The van der Waals surface area contributed by atoms with Crippen molar-refractivity contribution in [3.05, 3.63) is 35.9 Å². The van der Waals surface area contributed by atoms with Gasteiger partial charge in [-0.1, -0.05) is 37.3 Å². The van der Waals surface area contributed by atoms with Crippen molar-refractivity contribution in [1.82, 2.24) is 15.5 Å². The summed E-state index contributed by atoms with van der Waals surface area (Å²) >= 11 is 0. The van der Waals surface area contributed by atoms with Crippen LogP contribution in [0.4, 0.5) is 0 Å². The maximum absolute atomic E-state index is 5.08. The smallest absolute Gasteiger partial charge is 0.191 e. The lowest BCUT2D eigenvalue weighted by atomic mass is 9.97. The van der Waals surface area contributed by atoms with Crippen LogP contribution >= 0.6 is 24.0 Å². The fourth-order valence-electron chi connectivity index (χ4n) is 2.62. The van der Waals surface area contributed by atoms with Crippen LogP contribution in [0.25, 0.3) is 0 Å². The third-order valence-corrected chi connectivity index (χ3v) is 4.18. The van der Waals surface area contributed by atoms with Crippen LogP contribution in [-0.4, -0.2) is 64.9 Å². The average Bonchev–Trinajstić information content (AvgIpc) is 2.61. The van der Waals surface area contributed by atoms with Crippen LogP contribution in [0.15, 0.2) is 35.3 Å². The fourth-order valence-corrected chi connectivity index (χ4v) is 2.62. The molecule has 0 saturated carbocycles. The number of likely N-dealkylation sites (N-methyl/N-ethyl adjacent to an activating group) is 1. The molecule has 0 saturated heterocycles. The molecule has 0 bridgehead atoms. The molecule has 0 amide bonds. The van der Waals surface area contributed by atoms with Gasteiger partial charge in [0.25, 0.3) is 0 Å². The van der Waals surface area contributed by atoms with Crippen LogP contribution in [0.3, 0.4) is 0 Å². The second-order valence-electron chi connectivity index (χ2n) is 6.05. The Hall–Kier alpha value is -0.860. The van der Waals surface area contributed by atoms with Crippen LogP contribution < -0.4 is 10.6 Å². The zero-order chi connectivity index (χ0) is 17.6. The largest absolute Gasteiger partial charge is 0.385 e. The number of ether oxygens (including phenoxy) is 1. The molecule has 2 N–H and O–H groups in total. The lowest BCUT2D eigenvalue weighted by Gasteiger charge is -2.20. The summed E-state index contributed by atoms with van der Waals surface area (Å²) in [5, 5.41) is 6.83. The summed E-state index contributed by atoms with van der Waals surface area (Å²) in [6, 6.07) is 10.7. The minimum atomic E-state index is 0. The molecule has 1 aromatic carbocycles. The number of rotatable bonds is 11. The normalized spacial score (nSPS) is 12.6. The molecule has 0 aromatic heterocycles. The van der Waals surface area contributed by atoms with Gasteiger partial charge in [-0.15, -0.1) is 24.0 Å². The van der Waals surface area contributed by atoms with Crippen LogP contribution in [0.1, 0.15) is 31.2 Å². The molecule has 0 aliphatic heterocycles. The van der Waals surface area contributed by atoms with Crippen LogP contribution in [0.5, 0.6) is 0 Å². The van der Waals surface area contributed by atoms with E-state index in [1.807, 2.05) is 7.05 Å². The van der Waals surface area contributed by atoms with Crippen molar-refractivity contribution in [1.29, 1.82) is 0 Å². The van der Waals surface area contributed by atoms with Gasteiger partial charge in [-0.25, -0.2) is 0 Å². The number of hydrogen-bond donors (Lipinski definition) is 2. The van der Waals surface area contributed by atoms with E-state index in [-0.39, 0.29) is 24.0 Å². The van der Waals surface area contributed by atoms with E-state index in [9.17, 15) is 0 Å². The van der Waals surface area contributed by atoms with E-state index >= 15 is 0 Å². The third-order valence-electron chi connectivity index (χ3n) is 4.18. The number of nitrogens with zero attached hydrogens (tertiary/aromatic N) is 2. The van der Waals surface area contributed by atoms with Gasteiger partial charge in [-0.3, -0.25) is 4.99 Å². The number of guanidine groups is 1. The number of aliphatic imine (C=N–C) groups is 1. The second kappa shape index (κ2) is 15.4. The Bertz CT molecular complexity index is 456. The Morgan fingerprint density at radius 1 is 1.20 bits per heavy atom. The first-order valence-corrected chi connectivity index (χ1v) is 8.88. The maximum Gasteiger partial charge on any atom is 0.191 e. The first kappa shape index (κ1) is 24.1. The average molecular weight is 462 g/mol. The van der Waals surface area contributed by atoms with Gasteiger partial charge in [0.05, 0.1) is 0 Å². The van der Waals surface area contributed by atoms with E-state index in [1.54, 1.807) is 7.11 Å². The number of halogens is 1. The van der Waals surface area contributed by atoms with Gasteiger partial charge < -0.3 is 20.3 Å². The number of methoxy groups -OCH3 is 1. The van der Waals surface area contributed by atoms with Gasteiger partial charge in [-0.2, -0.15) is 0 Å². The highest BCUT2D eigenvalue weighted by Crippen LogP contribution is 2.17. The molecule has 5 nitrogen and oxygen atoms in total. The molecule has 1 atom stereocenters. The van der Waals surface area contributed by atoms with Crippen LogP contribution in [0, 0.1) is 0 Å². The van der Waals surface area contributed by atoms with E-state index in [2.05, 4.69) is 64.8 Å². The summed E-state index contributed by atoms with van der Waals surface area (Å²) in [7, 11) is 5.70. The Balaban J connectivity index is 0.00000576. The first-order valence-electron chi connectivity index (χ1n) is 8.88. The molecule has 0 spiro atoms. The Morgan fingerprint density at radius 2 is 1.92 bits per heavy atom. The lowest BCUT2D eigenvalue weighted by Crippen LogP contribution is -2.42. The molecule has 25 heavy (non-hydrogen) atoms. The summed E-state index contributed by atoms with van der Waals surface area (Å²) < 4.78 is 5.08. The monoisotopic (exact) mass is 462 g/mol. The summed E-state index contributed by atoms with van der Waals surface area (Å²) in [5.74, 6) is 1.37. The molecule has 144 valence electrons. The van der Waals surface area contributed by atoms with Gasteiger partial charge in [0.2, 0.25) is 0 Å². The number of hydrogen-bond acceptors (Lipinski definition) is 3. The van der Waals surface area contributed by atoms with Gasteiger partial charge in [0.1, 0.15) is 0 Å². The maximum atomic E-state index is 5.08. The molecule has 1 aromatic rings. The van der Waals surface area contributed by atoms with Crippen molar-refractivity contribution in [2.45, 2.75) is 25.7 Å². The Kier molecular flexibility index (Phi) is 14.9. The number of nitrogens with one attached hydrogen (secondary N) is 2. The Morgan fingerprint density at radius 3 is 2.52 bits per heavy atom. The van der Waals surface area contributed by atoms with Crippen LogP contribution in [0.2, 0.25) is 0 Å². The van der Waals surface area contributed by atoms with E-state index < -0.39 is 0 Å². The molecule has 0 aliphatic rings. The molecule has 0 radical (unpaired) electrons. The standard InChI is InChI=1S/C19H34N4O.HI/c1-5-17(18-10-7-6-8-11-18)16-22-19(20-2)21-12-14-23(3)13-9-15-24-4;/h6-8,10-11,17H,5,9,12-16H2,1-4H3,(H2,20,21,22);1H. The van der Waals surface area contributed by atoms with Gasteiger partial charge >= 0.3 is 0 Å². The van der Waals surface area contributed by atoms with E-state index in [0.29, 0.717) is 5.92 Å². The van der Waals surface area contributed by atoms with Crippen molar-refractivity contribution < 1.29 is 4.74 Å². The SMILES string of the molecule is CCC(CNC(=NC)NCCN(C)CCCOC)c1ccccc1.I. The van der Waals surface area contributed by atoms with Crippen molar-refractivity contribution in [3.8, 4) is 0 Å². The molecule has 0 heterocycles. The van der Waals surface area contributed by atoms with Gasteiger partial charge in [-0.05, 0) is 25.5 Å². The summed E-state index contributed by atoms with van der Waals surface area (Å²) in [6.07, 6.45) is 2.17. The predicted octanol–water partition coefficient (Wildman–Crippen LogP) is 2.93. The summed E-state index contributed by atoms with van der Waals surface area (Å²) in [6.45, 7) is 6.85. The quantitative estimate of drug-likeness (QED) is 0.230. The lowest BCUT2D eigenvalue weighted by molar-refractivity contribution is 0.180. The highest BCUT2D eigenvalue weighted by Gasteiger charge is 2.09. The van der Waals surface area contributed by atoms with E-state index in [4.69, 9.17) is 4.74 Å². The summed E-state index contributed by atoms with van der Waals surface area (Å²) in [4.78, 5) is 6.62. The highest BCUT2D eigenvalue weighted by atomic mass is 127. The topological polar surface area (TPSA) is 48.9 Å². The van der Waals surface area contributed by atoms with Gasteiger partial charge in [0.15, 0.2) is 5.96 Å². The summed E-state index contributed by atoms with van der Waals surface area (Å²) in [5.41, 5.74) is 1.38. The predicted molar refractivity (Wildman–Crippen MR) is 118 cm³/mol. The zero-order valence-electron chi connectivity index (χ0n) is 16.1. The molecule has 1 unspecified atom stereocenters. The fraction of sp³-hybridized carbons (Fsp3) is 0.632. The third kappa shape index (κ3) is 10.7.